The Balaban J connectivity index is 1.45. The Kier molecular flexibility index (Phi) is 4.89. The number of ether oxygens (including phenoxy) is 1. The summed E-state index contributed by atoms with van der Waals surface area (Å²) in [6.07, 6.45) is 0.345. The van der Waals surface area contributed by atoms with Gasteiger partial charge < -0.3 is 19.5 Å². The lowest BCUT2D eigenvalue weighted by atomic mass is 10.1. The van der Waals surface area contributed by atoms with Gasteiger partial charge in [0.1, 0.15) is 23.8 Å². The highest BCUT2D eigenvalue weighted by atomic mass is 19.4. The van der Waals surface area contributed by atoms with Crippen molar-refractivity contribution in [2.45, 2.75) is 25.1 Å². The lowest BCUT2D eigenvalue weighted by molar-refractivity contribution is -0.141. The molecule has 0 saturated carbocycles. The lowest BCUT2D eigenvalue weighted by Gasteiger charge is -2.34. The molecule has 4 heterocycles. The number of carbonyl (C=O) groups excluding carboxylic acids is 1. The number of H-pyrrole nitrogens is 1. The first-order valence-electron chi connectivity index (χ1n) is 9.13. The van der Waals surface area contributed by atoms with E-state index in [4.69, 9.17) is 4.74 Å². The molecule has 1 amide bonds. The van der Waals surface area contributed by atoms with E-state index in [-0.39, 0.29) is 0 Å². The van der Waals surface area contributed by atoms with Crippen LogP contribution in [0, 0.1) is 0 Å². The fourth-order valence-electron chi connectivity index (χ4n) is 3.57. The minimum absolute atomic E-state index is 0.426. The Morgan fingerprint density at radius 1 is 1.34 bits per heavy atom. The highest BCUT2D eigenvalue weighted by molar-refractivity contribution is 6.09. The summed E-state index contributed by atoms with van der Waals surface area (Å²) >= 11 is 0. The number of hydrogen-bond donors (Lipinski definition) is 1. The molecule has 0 spiro atoms. The number of aromatic amines is 1. The van der Waals surface area contributed by atoms with Gasteiger partial charge in [-0.2, -0.15) is 18.3 Å². The molecule has 3 aromatic heterocycles. The molecule has 0 radical (unpaired) electrons. The summed E-state index contributed by atoms with van der Waals surface area (Å²) in [5.41, 5.74) is 2.33. The molecule has 1 aliphatic rings. The van der Waals surface area contributed by atoms with E-state index in [1.54, 1.807) is 12.4 Å². The van der Waals surface area contributed by atoms with Crippen LogP contribution in [0.5, 0.6) is 0 Å². The second-order valence-electron chi connectivity index (χ2n) is 7.03. The summed E-state index contributed by atoms with van der Waals surface area (Å²) in [4.78, 5) is 22.0. The first-order chi connectivity index (χ1) is 13.8. The summed E-state index contributed by atoms with van der Waals surface area (Å²) in [5, 5.41) is 10.1. The average Bonchev–Trinajstić information content (AvgIpc) is 3.16. The molecule has 0 unspecified atom stereocenters. The predicted molar refractivity (Wildman–Crippen MR) is 99.6 cm³/mol. The number of carbonyl (C=O) groups is 1. The molecule has 1 saturated heterocycles. The standard InChI is InChI=1S/C18H19F3N6O2/c1-26(10-18(19,20)21)17(28)29-11-3-6-27(7-4-11)14-9-24-25-13-8-23-16-12(15(13)14)2-5-22-16/h2,5,8-9,11H,3-4,6-7,10H2,1H3,(H,22,23). The number of hydrogen-bond acceptors (Lipinski definition) is 6. The molecule has 3 aromatic rings. The maximum absolute atomic E-state index is 12.4. The van der Waals surface area contributed by atoms with Crippen LogP contribution in [-0.4, -0.2) is 70.1 Å². The van der Waals surface area contributed by atoms with Gasteiger partial charge in [0.2, 0.25) is 0 Å². The normalized spacial score (nSPS) is 15.8. The molecule has 11 heteroatoms. The van der Waals surface area contributed by atoms with Gasteiger partial charge in [-0.1, -0.05) is 0 Å². The molecular weight excluding hydrogens is 389 g/mol. The third-order valence-electron chi connectivity index (χ3n) is 4.95. The Bertz CT molecular complexity index is 1030. The number of piperidine rings is 1. The van der Waals surface area contributed by atoms with Gasteiger partial charge >= 0.3 is 12.3 Å². The van der Waals surface area contributed by atoms with Crippen LogP contribution in [0.4, 0.5) is 23.7 Å². The molecule has 1 N–H and O–H groups in total. The Morgan fingerprint density at radius 3 is 2.83 bits per heavy atom. The second-order valence-corrected chi connectivity index (χ2v) is 7.03. The number of aromatic nitrogens is 4. The SMILES string of the molecule is CN(CC(F)(F)F)C(=O)OC1CCN(c2cnnc3cnc4[nH]ccc4c23)CC1. The van der Waals surface area contributed by atoms with Crippen molar-refractivity contribution in [3.05, 3.63) is 24.7 Å². The quantitative estimate of drug-likeness (QED) is 0.717. The molecule has 1 aliphatic heterocycles. The molecule has 0 bridgehead atoms. The van der Waals surface area contributed by atoms with Crippen molar-refractivity contribution < 1.29 is 22.7 Å². The van der Waals surface area contributed by atoms with Crippen LogP contribution in [0.1, 0.15) is 12.8 Å². The zero-order valence-electron chi connectivity index (χ0n) is 15.6. The van der Waals surface area contributed by atoms with E-state index >= 15 is 0 Å². The highest BCUT2D eigenvalue weighted by Gasteiger charge is 2.33. The van der Waals surface area contributed by atoms with Gasteiger partial charge in [0.15, 0.2) is 0 Å². The smallest absolute Gasteiger partial charge is 0.410 e. The molecule has 4 rings (SSSR count). The zero-order chi connectivity index (χ0) is 20.6. The number of alkyl halides is 3. The first kappa shape index (κ1) is 19.2. The van der Waals surface area contributed by atoms with Crippen LogP contribution in [0.2, 0.25) is 0 Å². The monoisotopic (exact) mass is 408 g/mol. The van der Waals surface area contributed by atoms with Crippen molar-refractivity contribution in [1.29, 1.82) is 0 Å². The fourth-order valence-corrected chi connectivity index (χ4v) is 3.57. The van der Waals surface area contributed by atoms with Crippen LogP contribution in [0.15, 0.2) is 24.7 Å². The van der Waals surface area contributed by atoms with Gasteiger partial charge in [0.05, 0.1) is 18.1 Å². The molecule has 154 valence electrons. The van der Waals surface area contributed by atoms with Crippen LogP contribution in [0.25, 0.3) is 21.9 Å². The van der Waals surface area contributed by atoms with Crippen molar-refractivity contribution in [3.63, 3.8) is 0 Å². The molecule has 29 heavy (non-hydrogen) atoms. The van der Waals surface area contributed by atoms with Gasteiger partial charge in [-0.3, -0.25) is 0 Å². The number of nitrogens with one attached hydrogen (secondary N) is 1. The zero-order valence-corrected chi connectivity index (χ0v) is 15.6. The Labute approximate surface area is 163 Å². The number of amides is 1. The van der Waals surface area contributed by atoms with Crippen molar-refractivity contribution >= 4 is 33.7 Å². The van der Waals surface area contributed by atoms with Gasteiger partial charge in [0.25, 0.3) is 0 Å². The Hall–Kier alpha value is -3.11. The molecular formula is C18H19F3N6O2. The van der Waals surface area contributed by atoms with E-state index in [1.165, 1.54) is 0 Å². The van der Waals surface area contributed by atoms with Crippen molar-refractivity contribution in [2.24, 2.45) is 0 Å². The van der Waals surface area contributed by atoms with E-state index in [0.29, 0.717) is 36.3 Å². The highest BCUT2D eigenvalue weighted by Crippen LogP contribution is 2.32. The van der Waals surface area contributed by atoms with Crippen molar-refractivity contribution in [2.75, 3.05) is 31.6 Å². The summed E-state index contributed by atoms with van der Waals surface area (Å²) in [6.45, 7) is -0.175. The van der Waals surface area contributed by atoms with E-state index in [2.05, 4.69) is 25.1 Å². The van der Waals surface area contributed by atoms with Gasteiger partial charge in [-0.05, 0) is 6.07 Å². The molecule has 0 aromatic carbocycles. The average molecular weight is 408 g/mol. The van der Waals surface area contributed by atoms with Gasteiger partial charge in [-0.15, -0.1) is 5.10 Å². The maximum atomic E-state index is 12.4. The third kappa shape index (κ3) is 4.03. The summed E-state index contributed by atoms with van der Waals surface area (Å²) in [5.74, 6) is 0. The topological polar surface area (TPSA) is 87.2 Å². The second kappa shape index (κ2) is 7.37. The summed E-state index contributed by atoms with van der Waals surface area (Å²) in [7, 11) is 1.08. The maximum Gasteiger partial charge on any atom is 0.410 e. The van der Waals surface area contributed by atoms with Gasteiger partial charge in [0, 0.05) is 49.9 Å². The minimum atomic E-state index is -4.45. The number of nitrogens with zero attached hydrogens (tertiary/aromatic N) is 5. The number of pyridine rings is 1. The lowest BCUT2D eigenvalue weighted by Crippen LogP contribution is -2.42. The van der Waals surface area contributed by atoms with E-state index in [9.17, 15) is 18.0 Å². The van der Waals surface area contributed by atoms with Crippen LogP contribution < -0.4 is 4.90 Å². The first-order valence-corrected chi connectivity index (χ1v) is 9.13. The van der Waals surface area contributed by atoms with Crippen LogP contribution >= 0.6 is 0 Å². The molecule has 0 atom stereocenters. The van der Waals surface area contributed by atoms with E-state index < -0.39 is 24.9 Å². The Morgan fingerprint density at radius 2 is 2.10 bits per heavy atom. The summed E-state index contributed by atoms with van der Waals surface area (Å²) < 4.78 is 42.5. The number of anilines is 1. The third-order valence-corrected chi connectivity index (χ3v) is 4.95. The summed E-state index contributed by atoms with van der Waals surface area (Å²) in [6, 6.07) is 1.93. The molecule has 0 aliphatic carbocycles. The minimum Gasteiger partial charge on any atom is -0.446 e. The number of rotatable bonds is 3. The molecule has 1 fully saturated rings. The van der Waals surface area contributed by atoms with Gasteiger partial charge in [-0.25, -0.2) is 9.78 Å². The largest absolute Gasteiger partial charge is 0.446 e. The van der Waals surface area contributed by atoms with E-state index in [0.717, 1.165) is 29.2 Å². The fraction of sp³-hybridized carbons (Fsp3) is 0.444. The predicted octanol–water partition coefficient (Wildman–Crippen LogP) is 3.11. The van der Waals surface area contributed by atoms with Crippen LogP contribution in [0.3, 0.4) is 0 Å². The van der Waals surface area contributed by atoms with Crippen LogP contribution in [-0.2, 0) is 4.74 Å². The number of fused-ring (bicyclic) bond motifs is 3. The number of halogens is 3. The van der Waals surface area contributed by atoms with Crippen molar-refractivity contribution in [3.8, 4) is 0 Å². The van der Waals surface area contributed by atoms with E-state index in [1.807, 2.05) is 12.3 Å². The van der Waals surface area contributed by atoms with Crippen molar-refractivity contribution in [1.82, 2.24) is 25.1 Å². The molecule has 8 nitrogen and oxygen atoms in total.